The predicted octanol–water partition coefficient (Wildman–Crippen LogP) is 9.38. The van der Waals surface area contributed by atoms with Crippen LogP contribution < -0.4 is 0 Å². The van der Waals surface area contributed by atoms with Crippen molar-refractivity contribution in [3.63, 3.8) is 0 Å². The van der Waals surface area contributed by atoms with E-state index in [1.54, 1.807) is 0 Å². The van der Waals surface area contributed by atoms with E-state index in [2.05, 4.69) is 34.6 Å². The molecule has 0 aliphatic heterocycles. The minimum absolute atomic E-state index is 0.111. The van der Waals surface area contributed by atoms with Gasteiger partial charge in [0.2, 0.25) is 0 Å². The molecule has 0 aromatic rings. The van der Waals surface area contributed by atoms with Gasteiger partial charge in [0.05, 0.1) is 17.8 Å². The molecule has 4 atom stereocenters. The Balaban J connectivity index is -0.000000210. The molecule has 6 nitrogen and oxygen atoms in total. The molecule has 0 aliphatic carbocycles. The molecule has 0 rings (SSSR count). The topological polar surface area (TPSA) is 112 Å². The van der Waals surface area contributed by atoms with Crippen LogP contribution in [0.25, 0.3) is 0 Å². The van der Waals surface area contributed by atoms with Gasteiger partial charge in [0, 0.05) is 0 Å². The molecule has 0 amide bonds. The fourth-order valence-electron chi connectivity index (χ4n) is 3.84. The molecule has 3 N–H and O–H groups in total. The molecule has 0 saturated heterocycles. The van der Waals surface area contributed by atoms with Crippen molar-refractivity contribution >= 4 is 40.4 Å². The first-order valence-corrected chi connectivity index (χ1v) is 18.2. The fraction of sp³-hybridized carbons (Fsp3) is 0.906. The Morgan fingerprint density at radius 2 is 0.744 bits per heavy atom. The number of aliphatic carboxylic acids is 3. The van der Waals surface area contributed by atoms with E-state index in [9.17, 15) is 14.4 Å². The number of carboxylic acids is 3. The van der Waals surface area contributed by atoms with E-state index < -0.39 is 17.9 Å². The summed E-state index contributed by atoms with van der Waals surface area (Å²) in [5.74, 6) is -1.20. The zero-order valence-electron chi connectivity index (χ0n) is 27.0. The summed E-state index contributed by atoms with van der Waals surface area (Å²) in [5, 5.41) is 25.8. The van der Waals surface area contributed by atoms with Gasteiger partial charge in [-0.25, -0.2) is 0 Å². The first kappa shape index (κ1) is 45.2. The SMILES string of the molecule is CCCCC(CC)C(=O)O.CCCCC(CC)C(=O)O.CCCCC(CC)C(=O)O.CCCCC(CC)[CH2][SnH]. The Morgan fingerprint density at radius 1 is 0.487 bits per heavy atom. The molecule has 234 valence electrons. The summed E-state index contributed by atoms with van der Waals surface area (Å²) < 4.78 is 1.50. The van der Waals surface area contributed by atoms with Gasteiger partial charge >= 0.3 is 90.3 Å². The molecule has 0 fully saturated rings. The second kappa shape index (κ2) is 35.2. The maximum absolute atomic E-state index is 10.4. The molecular weight excluding hydrogens is 599 g/mol. The van der Waals surface area contributed by atoms with E-state index in [1.807, 2.05) is 20.8 Å². The summed E-state index contributed by atoms with van der Waals surface area (Å²) in [6, 6.07) is 0. The van der Waals surface area contributed by atoms with Gasteiger partial charge in [0.1, 0.15) is 0 Å². The Morgan fingerprint density at radius 3 is 0.897 bits per heavy atom. The van der Waals surface area contributed by atoms with Crippen molar-refractivity contribution in [1.29, 1.82) is 0 Å². The average Bonchev–Trinajstić information content (AvgIpc) is 2.91. The Labute approximate surface area is 255 Å². The van der Waals surface area contributed by atoms with Gasteiger partial charge in [0.25, 0.3) is 0 Å². The first-order valence-electron chi connectivity index (χ1n) is 15.9. The van der Waals surface area contributed by atoms with Crippen molar-refractivity contribution in [3.05, 3.63) is 0 Å². The Kier molecular flexibility index (Phi) is 40.8. The number of carbonyl (C=O) groups is 3. The van der Waals surface area contributed by atoms with Crippen LogP contribution >= 0.6 is 0 Å². The number of rotatable bonds is 20. The van der Waals surface area contributed by atoms with Crippen LogP contribution in [0.4, 0.5) is 0 Å². The van der Waals surface area contributed by atoms with Gasteiger partial charge in [-0.3, -0.25) is 14.4 Å². The number of hydrogen-bond acceptors (Lipinski definition) is 3. The summed E-state index contributed by atoms with van der Waals surface area (Å²) in [6.45, 7) is 16.6. The predicted molar refractivity (Wildman–Crippen MR) is 168 cm³/mol. The van der Waals surface area contributed by atoms with E-state index in [4.69, 9.17) is 15.3 Å². The molecule has 0 aromatic carbocycles. The van der Waals surface area contributed by atoms with Crippen LogP contribution in [0.1, 0.15) is 158 Å². The number of hydrogen-bond donors (Lipinski definition) is 3. The van der Waals surface area contributed by atoms with Crippen LogP contribution in [0.2, 0.25) is 4.44 Å². The number of unbranched alkanes of at least 4 members (excludes halogenated alkanes) is 4. The van der Waals surface area contributed by atoms with Crippen LogP contribution in [0, 0.1) is 23.7 Å². The third-order valence-corrected chi connectivity index (χ3v) is 9.02. The standard InChI is InChI=1S/3C8H16O2.C8H17.Sn.H/c3*1-3-5-6-7(4-2)8(9)10;1-4-6-7-8(3)5-2;;/h3*7H,3-6H2,1-2H3,(H,9,10);8H,3-7H2,1-2H3;;. The quantitative estimate of drug-likeness (QED) is 0.112. The normalized spacial score (nSPS) is 13.2. The molecule has 0 saturated carbocycles. The second-order valence-corrected chi connectivity index (χ2v) is 11.8. The zero-order chi connectivity index (χ0) is 31.1. The van der Waals surface area contributed by atoms with E-state index in [1.165, 1.54) is 52.6 Å². The maximum atomic E-state index is 10.4. The Bertz CT molecular complexity index is 475. The summed E-state index contributed by atoms with van der Waals surface area (Å²) >= 11 is 1.46. The van der Waals surface area contributed by atoms with Crippen LogP contribution in [0.15, 0.2) is 0 Å². The monoisotopic (exact) mass is 666 g/mol. The van der Waals surface area contributed by atoms with Crippen molar-refractivity contribution < 1.29 is 29.7 Å². The van der Waals surface area contributed by atoms with Crippen molar-refractivity contribution in [1.82, 2.24) is 0 Å². The molecule has 0 heterocycles. The van der Waals surface area contributed by atoms with Crippen molar-refractivity contribution in [2.75, 3.05) is 0 Å². The Hall–Kier alpha value is -0.791. The fourth-order valence-corrected chi connectivity index (χ4v) is 5.46. The molecule has 0 spiro atoms. The zero-order valence-corrected chi connectivity index (χ0v) is 30.3. The molecular formula is C32H66O6Sn. The number of carboxylic acid groups (broad SMARTS) is 3. The van der Waals surface area contributed by atoms with Gasteiger partial charge < -0.3 is 15.3 Å². The molecule has 0 bridgehead atoms. The molecule has 4 unspecified atom stereocenters. The van der Waals surface area contributed by atoms with Gasteiger partial charge in [0.15, 0.2) is 0 Å². The molecule has 0 aromatic heterocycles. The van der Waals surface area contributed by atoms with Gasteiger partial charge in [-0.2, -0.15) is 0 Å². The average molecular weight is 666 g/mol. The van der Waals surface area contributed by atoms with E-state index in [0.29, 0.717) is 0 Å². The van der Waals surface area contributed by atoms with Crippen LogP contribution in [-0.4, -0.2) is 55.8 Å². The summed E-state index contributed by atoms with van der Waals surface area (Å²) in [6.07, 6.45) is 16.8. The second-order valence-electron chi connectivity index (χ2n) is 10.4. The minimum atomic E-state index is -0.643. The van der Waals surface area contributed by atoms with E-state index >= 15 is 0 Å². The summed E-state index contributed by atoms with van der Waals surface area (Å²) in [5.41, 5.74) is 0. The molecule has 39 heavy (non-hydrogen) atoms. The van der Waals surface area contributed by atoms with E-state index in [-0.39, 0.29) is 17.8 Å². The van der Waals surface area contributed by atoms with Crippen molar-refractivity contribution in [2.45, 2.75) is 163 Å². The van der Waals surface area contributed by atoms with Crippen LogP contribution in [-0.2, 0) is 14.4 Å². The summed E-state index contributed by atoms with van der Waals surface area (Å²) in [7, 11) is 0. The van der Waals surface area contributed by atoms with Gasteiger partial charge in [-0.1, -0.05) is 80.1 Å². The molecule has 7 heteroatoms. The molecule has 2 radical (unpaired) electrons. The third kappa shape index (κ3) is 33.3. The van der Waals surface area contributed by atoms with Crippen molar-refractivity contribution in [3.8, 4) is 0 Å². The van der Waals surface area contributed by atoms with Crippen molar-refractivity contribution in [2.24, 2.45) is 23.7 Å². The van der Waals surface area contributed by atoms with E-state index in [0.717, 1.165) is 83.0 Å². The van der Waals surface area contributed by atoms with Crippen LogP contribution in [0.3, 0.4) is 0 Å². The van der Waals surface area contributed by atoms with Gasteiger partial charge in [-0.05, 0) is 38.5 Å². The van der Waals surface area contributed by atoms with Gasteiger partial charge in [-0.15, -0.1) is 0 Å². The molecule has 0 aliphatic rings. The first-order chi connectivity index (χ1) is 18.5. The van der Waals surface area contributed by atoms with Crippen LogP contribution in [0.5, 0.6) is 0 Å². The summed E-state index contributed by atoms with van der Waals surface area (Å²) in [4.78, 5) is 31.3. The third-order valence-electron chi connectivity index (χ3n) is 7.12.